The van der Waals surface area contributed by atoms with Crippen LogP contribution in [0.3, 0.4) is 0 Å². The number of aryl methyl sites for hydroxylation is 1. The molecule has 1 aromatic carbocycles. The summed E-state index contributed by atoms with van der Waals surface area (Å²) in [4.78, 5) is 2.20. The van der Waals surface area contributed by atoms with Gasteiger partial charge in [0, 0.05) is 13.1 Å². The lowest BCUT2D eigenvalue weighted by Crippen LogP contribution is -2.37. The molecule has 5 heteroatoms. The van der Waals surface area contributed by atoms with Gasteiger partial charge in [-0.1, -0.05) is 18.2 Å². The van der Waals surface area contributed by atoms with E-state index in [2.05, 4.69) is 4.90 Å². The number of alkyl halides is 3. The minimum atomic E-state index is -4.27. The van der Waals surface area contributed by atoms with E-state index in [1.54, 1.807) is 12.1 Å². The van der Waals surface area contributed by atoms with Crippen LogP contribution in [0.4, 0.5) is 13.2 Å². The summed E-state index contributed by atoms with van der Waals surface area (Å²) in [6, 6.07) is 5.85. The normalized spacial score (nSPS) is 20.7. The van der Waals surface area contributed by atoms with E-state index in [4.69, 9.17) is 5.11 Å². The monoisotopic (exact) mass is 301 g/mol. The summed E-state index contributed by atoms with van der Waals surface area (Å²) in [6.07, 6.45) is -0.907. The number of hydrogen-bond acceptors (Lipinski definition) is 2. The van der Waals surface area contributed by atoms with Crippen LogP contribution in [0.25, 0.3) is 0 Å². The SMILES string of the molecule is OCCN1CCCC(CCc2ccccc2C(F)(F)F)C1. The van der Waals surface area contributed by atoms with Gasteiger partial charge < -0.3 is 10.0 Å². The van der Waals surface area contributed by atoms with Gasteiger partial charge >= 0.3 is 6.18 Å². The summed E-state index contributed by atoms with van der Waals surface area (Å²) in [5, 5.41) is 8.97. The van der Waals surface area contributed by atoms with Gasteiger partial charge in [-0.3, -0.25) is 0 Å². The predicted octanol–water partition coefficient (Wildman–Crippen LogP) is 3.34. The molecule has 1 aromatic rings. The molecule has 1 aliphatic heterocycles. The molecule has 1 atom stereocenters. The van der Waals surface area contributed by atoms with Gasteiger partial charge in [0.25, 0.3) is 0 Å². The van der Waals surface area contributed by atoms with Gasteiger partial charge in [-0.15, -0.1) is 0 Å². The van der Waals surface area contributed by atoms with Crippen molar-refractivity contribution in [3.63, 3.8) is 0 Å². The Balaban J connectivity index is 1.94. The standard InChI is InChI=1S/C16H22F3NO/c17-16(18,19)15-6-2-1-5-14(15)8-7-13-4-3-9-20(12-13)10-11-21/h1-2,5-6,13,21H,3-4,7-12H2. The van der Waals surface area contributed by atoms with Crippen LogP contribution in [0.2, 0.25) is 0 Å². The number of nitrogens with zero attached hydrogens (tertiary/aromatic N) is 1. The number of rotatable bonds is 5. The summed E-state index contributed by atoms with van der Waals surface area (Å²) in [6.45, 7) is 2.67. The Kier molecular flexibility index (Phi) is 5.65. The number of aliphatic hydroxyl groups excluding tert-OH is 1. The van der Waals surface area contributed by atoms with E-state index in [1.165, 1.54) is 6.07 Å². The van der Waals surface area contributed by atoms with Crippen LogP contribution in [0.15, 0.2) is 24.3 Å². The maximum Gasteiger partial charge on any atom is 0.416 e. The number of hydrogen-bond donors (Lipinski definition) is 1. The van der Waals surface area contributed by atoms with Crippen molar-refractivity contribution in [2.24, 2.45) is 5.92 Å². The second-order valence-electron chi connectivity index (χ2n) is 5.73. The van der Waals surface area contributed by atoms with E-state index in [0.717, 1.165) is 38.4 Å². The molecule has 2 rings (SSSR count). The first-order valence-electron chi connectivity index (χ1n) is 7.49. The molecule has 0 saturated carbocycles. The highest BCUT2D eigenvalue weighted by atomic mass is 19.4. The van der Waals surface area contributed by atoms with E-state index in [1.807, 2.05) is 0 Å². The van der Waals surface area contributed by atoms with Crippen LogP contribution >= 0.6 is 0 Å². The zero-order valence-corrected chi connectivity index (χ0v) is 12.1. The van der Waals surface area contributed by atoms with Gasteiger partial charge in [0.05, 0.1) is 12.2 Å². The van der Waals surface area contributed by atoms with Gasteiger partial charge in [0.1, 0.15) is 0 Å². The lowest BCUT2D eigenvalue weighted by atomic mass is 9.90. The quantitative estimate of drug-likeness (QED) is 0.901. The molecule has 0 spiro atoms. The fraction of sp³-hybridized carbons (Fsp3) is 0.625. The number of benzene rings is 1. The van der Waals surface area contributed by atoms with Gasteiger partial charge in [0.2, 0.25) is 0 Å². The Morgan fingerprint density at radius 3 is 2.71 bits per heavy atom. The summed E-state index contributed by atoms with van der Waals surface area (Å²) >= 11 is 0. The first-order valence-corrected chi connectivity index (χ1v) is 7.49. The molecular weight excluding hydrogens is 279 g/mol. The molecule has 1 heterocycles. The zero-order valence-electron chi connectivity index (χ0n) is 12.1. The van der Waals surface area contributed by atoms with Crippen molar-refractivity contribution in [3.05, 3.63) is 35.4 Å². The lowest BCUT2D eigenvalue weighted by Gasteiger charge is -2.32. The summed E-state index contributed by atoms with van der Waals surface area (Å²) in [7, 11) is 0. The molecule has 1 fully saturated rings. The highest BCUT2D eigenvalue weighted by Crippen LogP contribution is 2.33. The Labute approximate surface area is 123 Å². The third-order valence-corrected chi connectivity index (χ3v) is 4.16. The summed E-state index contributed by atoms with van der Waals surface area (Å²) in [5.41, 5.74) is -0.114. The zero-order chi connectivity index (χ0) is 15.3. The molecule has 1 N–H and O–H groups in total. The van der Waals surface area contributed by atoms with Gasteiger partial charge in [-0.25, -0.2) is 0 Å². The number of β-amino-alcohol motifs (C(OH)–C–C–N with tert-alkyl or cyclic N) is 1. The van der Waals surface area contributed by atoms with Crippen LogP contribution < -0.4 is 0 Å². The first-order chi connectivity index (χ1) is 10.0. The van der Waals surface area contributed by atoms with Crippen molar-refractivity contribution in [3.8, 4) is 0 Å². The van der Waals surface area contributed by atoms with Gasteiger partial charge in [0.15, 0.2) is 0 Å². The molecule has 118 valence electrons. The third-order valence-electron chi connectivity index (χ3n) is 4.16. The number of likely N-dealkylation sites (tertiary alicyclic amines) is 1. The molecule has 1 unspecified atom stereocenters. The van der Waals surface area contributed by atoms with Crippen molar-refractivity contribution in [1.82, 2.24) is 4.90 Å². The number of aliphatic hydroxyl groups is 1. The van der Waals surface area contributed by atoms with E-state index in [9.17, 15) is 13.2 Å². The minimum Gasteiger partial charge on any atom is -0.395 e. The van der Waals surface area contributed by atoms with Crippen molar-refractivity contribution in [2.45, 2.75) is 31.9 Å². The Morgan fingerprint density at radius 1 is 1.24 bits per heavy atom. The largest absolute Gasteiger partial charge is 0.416 e. The fourth-order valence-corrected chi connectivity index (χ4v) is 3.11. The number of halogens is 3. The second-order valence-corrected chi connectivity index (χ2v) is 5.73. The average molecular weight is 301 g/mol. The van der Waals surface area contributed by atoms with Crippen molar-refractivity contribution in [2.75, 3.05) is 26.2 Å². The highest BCUT2D eigenvalue weighted by molar-refractivity contribution is 5.29. The first kappa shape index (κ1) is 16.3. The van der Waals surface area contributed by atoms with E-state index < -0.39 is 11.7 Å². The molecular formula is C16H22F3NO. The van der Waals surface area contributed by atoms with Crippen molar-refractivity contribution < 1.29 is 18.3 Å². The van der Waals surface area contributed by atoms with Crippen LogP contribution in [0.1, 0.15) is 30.4 Å². The van der Waals surface area contributed by atoms with Crippen LogP contribution in [-0.4, -0.2) is 36.2 Å². The maximum absolute atomic E-state index is 12.9. The second kappa shape index (κ2) is 7.27. The molecule has 21 heavy (non-hydrogen) atoms. The molecule has 0 radical (unpaired) electrons. The fourth-order valence-electron chi connectivity index (χ4n) is 3.11. The Morgan fingerprint density at radius 2 is 2.00 bits per heavy atom. The maximum atomic E-state index is 12.9. The molecule has 0 aliphatic carbocycles. The smallest absolute Gasteiger partial charge is 0.395 e. The van der Waals surface area contributed by atoms with Gasteiger partial charge in [-0.2, -0.15) is 13.2 Å². The molecule has 1 aliphatic rings. The highest BCUT2D eigenvalue weighted by Gasteiger charge is 2.32. The van der Waals surface area contributed by atoms with Crippen molar-refractivity contribution >= 4 is 0 Å². The average Bonchev–Trinajstić information content (AvgIpc) is 2.45. The number of piperidine rings is 1. The van der Waals surface area contributed by atoms with E-state index in [0.29, 0.717) is 24.4 Å². The minimum absolute atomic E-state index is 0.142. The van der Waals surface area contributed by atoms with E-state index in [-0.39, 0.29) is 6.61 Å². The summed E-state index contributed by atoms with van der Waals surface area (Å²) < 4.78 is 38.8. The van der Waals surface area contributed by atoms with Crippen LogP contribution in [0.5, 0.6) is 0 Å². The summed E-state index contributed by atoms with van der Waals surface area (Å²) in [5.74, 6) is 0.423. The topological polar surface area (TPSA) is 23.5 Å². The molecule has 0 amide bonds. The van der Waals surface area contributed by atoms with Gasteiger partial charge in [-0.05, 0) is 49.8 Å². The molecule has 0 aromatic heterocycles. The third kappa shape index (κ3) is 4.71. The van der Waals surface area contributed by atoms with Crippen LogP contribution in [0, 0.1) is 5.92 Å². The lowest BCUT2D eigenvalue weighted by molar-refractivity contribution is -0.138. The molecule has 0 bridgehead atoms. The Hall–Kier alpha value is -1.07. The van der Waals surface area contributed by atoms with Crippen molar-refractivity contribution in [1.29, 1.82) is 0 Å². The van der Waals surface area contributed by atoms with E-state index >= 15 is 0 Å². The predicted molar refractivity (Wildman–Crippen MR) is 76.0 cm³/mol. The molecule has 1 saturated heterocycles. The Bertz CT molecular complexity index is 445. The van der Waals surface area contributed by atoms with Crippen LogP contribution in [-0.2, 0) is 12.6 Å². The molecule has 2 nitrogen and oxygen atoms in total.